The summed E-state index contributed by atoms with van der Waals surface area (Å²) < 4.78 is 0. The van der Waals surface area contributed by atoms with Crippen LogP contribution in [0.25, 0.3) is 10.9 Å². The minimum atomic E-state index is -1.10. The minimum absolute atomic E-state index is 0.298. The first kappa shape index (κ1) is 16.6. The van der Waals surface area contributed by atoms with Crippen molar-refractivity contribution in [3.05, 3.63) is 35.4 Å². The third-order valence-corrected chi connectivity index (χ3v) is 5.75. The molecule has 132 valence electrons. The van der Waals surface area contributed by atoms with Crippen molar-refractivity contribution in [2.75, 3.05) is 18.0 Å². The van der Waals surface area contributed by atoms with E-state index in [-0.39, 0.29) is 0 Å². The molecule has 25 heavy (non-hydrogen) atoms. The highest BCUT2D eigenvalue weighted by Gasteiger charge is 2.51. The number of halogens is 1. The number of aliphatic hydroxyl groups is 1. The molecule has 6 heteroatoms. The zero-order chi connectivity index (χ0) is 17.6. The molecule has 1 saturated heterocycles. The fraction of sp³-hybridized carbons (Fsp3) is 0.474. The van der Waals surface area contributed by atoms with E-state index in [1.807, 2.05) is 29.2 Å². The lowest BCUT2D eigenvalue weighted by molar-refractivity contribution is -0.158. The highest BCUT2D eigenvalue weighted by Crippen LogP contribution is 2.45. The minimum Gasteiger partial charge on any atom is -0.481 e. The molecule has 2 aromatic rings. The average Bonchev–Trinajstić information content (AvgIpc) is 3.40. The quantitative estimate of drug-likeness (QED) is 0.874. The van der Waals surface area contributed by atoms with Crippen molar-refractivity contribution < 1.29 is 15.0 Å². The Labute approximate surface area is 151 Å². The first-order valence-electron chi connectivity index (χ1n) is 8.71. The van der Waals surface area contributed by atoms with Gasteiger partial charge in [0.05, 0.1) is 11.6 Å². The number of aliphatic hydroxyl groups excluding tert-OH is 1. The lowest BCUT2D eigenvalue weighted by atomic mass is 9.73. The number of nitrogens with zero attached hydrogens (tertiary/aromatic N) is 2. The number of hydrogen-bond acceptors (Lipinski definition) is 4. The van der Waals surface area contributed by atoms with Gasteiger partial charge >= 0.3 is 5.97 Å². The molecule has 2 atom stereocenters. The lowest BCUT2D eigenvalue weighted by Crippen LogP contribution is -2.56. The number of aliphatic carboxylic acids is 1. The Kier molecular flexibility index (Phi) is 4.08. The highest BCUT2D eigenvalue weighted by molar-refractivity contribution is 6.31. The number of benzene rings is 1. The number of carboxylic acids is 1. The van der Waals surface area contributed by atoms with Gasteiger partial charge in [0.25, 0.3) is 0 Å². The molecule has 1 aliphatic heterocycles. The number of aromatic nitrogens is 1. The van der Waals surface area contributed by atoms with Crippen LogP contribution in [-0.2, 0) is 4.79 Å². The van der Waals surface area contributed by atoms with Crippen LogP contribution in [0.1, 0.15) is 25.7 Å². The van der Waals surface area contributed by atoms with E-state index in [0.29, 0.717) is 36.9 Å². The first-order chi connectivity index (χ1) is 12.0. The summed E-state index contributed by atoms with van der Waals surface area (Å²) in [6.45, 7) is 0.902. The molecule has 0 radical (unpaired) electrons. The van der Waals surface area contributed by atoms with E-state index in [2.05, 4.69) is 4.98 Å². The molecule has 1 aromatic carbocycles. The summed E-state index contributed by atoms with van der Waals surface area (Å²) in [5.74, 6) is 0.282. The van der Waals surface area contributed by atoms with Crippen molar-refractivity contribution in [3.8, 4) is 0 Å². The van der Waals surface area contributed by atoms with E-state index in [1.165, 1.54) is 0 Å². The molecule has 4 rings (SSSR count). The van der Waals surface area contributed by atoms with Crippen LogP contribution in [0.2, 0.25) is 5.02 Å². The van der Waals surface area contributed by atoms with Crippen LogP contribution < -0.4 is 4.90 Å². The number of fused-ring (bicyclic) bond motifs is 1. The molecule has 1 saturated carbocycles. The van der Waals surface area contributed by atoms with E-state index >= 15 is 0 Å². The lowest BCUT2D eigenvalue weighted by Gasteiger charge is -2.44. The van der Waals surface area contributed by atoms with Gasteiger partial charge < -0.3 is 15.1 Å². The maximum Gasteiger partial charge on any atom is 0.314 e. The second kappa shape index (κ2) is 6.15. The average molecular weight is 361 g/mol. The van der Waals surface area contributed by atoms with Crippen LogP contribution in [0.4, 0.5) is 5.82 Å². The third kappa shape index (κ3) is 3.07. The molecule has 2 fully saturated rings. The van der Waals surface area contributed by atoms with Crippen LogP contribution in [0, 0.1) is 11.3 Å². The van der Waals surface area contributed by atoms with Gasteiger partial charge in [-0.2, -0.15) is 0 Å². The largest absolute Gasteiger partial charge is 0.481 e. The molecule has 1 aliphatic carbocycles. The van der Waals surface area contributed by atoms with E-state index in [4.69, 9.17) is 11.6 Å². The number of piperidine rings is 1. The van der Waals surface area contributed by atoms with Crippen molar-refractivity contribution in [1.29, 1.82) is 0 Å². The second-order valence-corrected chi connectivity index (χ2v) is 7.78. The van der Waals surface area contributed by atoms with Crippen LogP contribution >= 0.6 is 11.6 Å². The van der Waals surface area contributed by atoms with Crippen molar-refractivity contribution in [2.45, 2.75) is 31.8 Å². The standard InChI is InChI=1S/C19H21ClN2O3/c20-14-4-5-15-13(9-14)3-6-17(21-15)22-8-7-16(23)19(11-22,18(24)25)10-12-1-2-12/h3-6,9,12,16,23H,1-2,7-8,10-11H2,(H,24,25)/t16-,19+/m1/s1. The van der Waals surface area contributed by atoms with Gasteiger partial charge in [0.1, 0.15) is 11.2 Å². The van der Waals surface area contributed by atoms with Gasteiger partial charge in [-0.3, -0.25) is 4.79 Å². The van der Waals surface area contributed by atoms with Crippen molar-refractivity contribution in [2.24, 2.45) is 11.3 Å². The summed E-state index contributed by atoms with van der Waals surface area (Å²) in [6.07, 6.45) is 2.32. The first-order valence-corrected chi connectivity index (χ1v) is 9.08. The molecule has 0 amide bonds. The maximum atomic E-state index is 12.1. The van der Waals surface area contributed by atoms with Crippen LogP contribution in [0.5, 0.6) is 0 Å². The fourth-order valence-corrected chi connectivity index (χ4v) is 4.05. The van der Waals surface area contributed by atoms with Gasteiger partial charge in [-0.25, -0.2) is 4.98 Å². The van der Waals surface area contributed by atoms with E-state index in [1.54, 1.807) is 6.07 Å². The molecule has 2 heterocycles. The second-order valence-electron chi connectivity index (χ2n) is 7.34. The van der Waals surface area contributed by atoms with Gasteiger partial charge in [0.2, 0.25) is 0 Å². The number of carbonyl (C=O) groups is 1. The monoisotopic (exact) mass is 360 g/mol. The molecule has 0 bridgehead atoms. The molecule has 1 aromatic heterocycles. The summed E-state index contributed by atoms with van der Waals surface area (Å²) in [5, 5.41) is 22.0. The van der Waals surface area contributed by atoms with E-state index in [9.17, 15) is 15.0 Å². The van der Waals surface area contributed by atoms with Gasteiger partial charge in [-0.1, -0.05) is 24.4 Å². The third-order valence-electron chi connectivity index (χ3n) is 5.52. The van der Waals surface area contributed by atoms with Gasteiger partial charge in [0.15, 0.2) is 0 Å². The molecule has 0 unspecified atom stereocenters. The van der Waals surface area contributed by atoms with E-state index < -0.39 is 17.5 Å². The SMILES string of the molecule is O=C(O)[C@@]1(CC2CC2)CN(c2ccc3cc(Cl)ccc3n2)CC[C@H]1O. The zero-order valence-corrected chi connectivity index (χ0v) is 14.6. The van der Waals surface area contributed by atoms with Gasteiger partial charge in [-0.15, -0.1) is 0 Å². The molecule has 2 aliphatic rings. The smallest absolute Gasteiger partial charge is 0.314 e. The molecular weight excluding hydrogens is 340 g/mol. The van der Waals surface area contributed by atoms with Crippen LogP contribution in [0.3, 0.4) is 0 Å². The Balaban J connectivity index is 1.65. The molecular formula is C19H21ClN2O3. The van der Waals surface area contributed by atoms with Crippen LogP contribution in [0.15, 0.2) is 30.3 Å². The zero-order valence-electron chi connectivity index (χ0n) is 13.9. The summed E-state index contributed by atoms with van der Waals surface area (Å²) in [6, 6.07) is 9.39. The molecule has 5 nitrogen and oxygen atoms in total. The predicted octanol–water partition coefficient (Wildman–Crippen LogP) is 3.33. The maximum absolute atomic E-state index is 12.1. The van der Waals surface area contributed by atoms with Crippen molar-refractivity contribution in [1.82, 2.24) is 4.98 Å². The number of rotatable bonds is 4. The summed E-state index contributed by atoms with van der Waals surface area (Å²) in [4.78, 5) is 18.7. The Morgan fingerprint density at radius 3 is 2.80 bits per heavy atom. The normalized spacial score (nSPS) is 26.8. The molecule has 0 spiro atoms. The molecule has 2 N–H and O–H groups in total. The van der Waals surface area contributed by atoms with E-state index in [0.717, 1.165) is 29.6 Å². The Morgan fingerprint density at radius 2 is 2.08 bits per heavy atom. The topological polar surface area (TPSA) is 73.7 Å². The Morgan fingerprint density at radius 1 is 1.28 bits per heavy atom. The predicted molar refractivity (Wildman–Crippen MR) is 97.0 cm³/mol. The highest BCUT2D eigenvalue weighted by atomic mass is 35.5. The number of anilines is 1. The summed E-state index contributed by atoms with van der Waals surface area (Å²) >= 11 is 6.02. The van der Waals surface area contributed by atoms with Crippen LogP contribution in [-0.4, -0.2) is 40.4 Å². The van der Waals surface area contributed by atoms with Crippen molar-refractivity contribution >= 4 is 34.3 Å². The van der Waals surface area contributed by atoms with Gasteiger partial charge in [0, 0.05) is 23.5 Å². The fourth-order valence-electron chi connectivity index (χ4n) is 3.87. The Bertz CT molecular complexity index is 823. The van der Waals surface area contributed by atoms with Gasteiger partial charge in [-0.05, 0) is 49.1 Å². The number of carboxylic acid groups (broad SMARTS) is 1. The summed E-state index contributed by atoms with van der Waals surface area (Å²) in [7, 11) is 0. The van der Waals surface area contributed by atoms with Crippen molar-refractivity contribution in [3.63, 3.8) is 0 Å². The number of hydrogen-bond donors (Lipinski definition) is 2. The number of pyridine rings is 1. The summed E-state index contributed by atoms with van der Waals surface area (Å²) in [5.41, 5.74) is -0.271. The Hall–Kier alpha value is -1.85.